The fraction of sp³-hybridized carbons (Fsp3) is 0.478. The van der Waals surface area contributed by atoms with Crippen molar-refractivity contribution in [2.75, 3.05) is 38.7 Å². The monoisotopic (exact) mass is 391 g/mol. The minimum absolute atomic E-state index is 0.320. The van der Waals surface area contributed by atoms with E-state index in [0.717, 1.165) is 67.6 Å². The van der Waals surface area contributed by atoms with Crippen molar-refractivity contribution in [3.05, 3.63) is 41.5 Å². The van der Waals surface area contributed by atoms with Gasteiger partial charge in [0.2, 0.25) is 0 Å². The molecule has 0 unspecified atom stereocenters. The van der Waals surface area contributed by atoms with Crippen LogP contribution in [-0.2, 0) is 11.3 Å². The van der Waals surface area contributed by atoms with Crippen LogP contribution >= 0.6 is 0 Å². The van der Waals surface area contributed by atoms with Gasteiger partial charge in [0.15, 0.2) is 0 Å². The highest BCUT2D eigenvalue weighted by Crippen LogP contribution is 2.35. The maximum absolute atomic E-state index is 5.55. The molecule has 6 nitrogen and oxygen atoms in total. The minimum Gasteiger partial charge on any atom is -0.379 e. The van der Waals surface area contributed by atoms with Crippen LogP contribution in [0.5, 0.6) is 0 Å². The van der Waals surface area contributed by atoms with Gasteiger partial charge in [-0.25, -0.2) is 9.98 Å². The molecule has 0 spiro atoms. The molecular weight excluding hydrogens is 362 g/mol. The van der Waals surface area contributed by atoms with Crippen LogP contribution in [0, 0.1) is 0 Å². The summed E-state index contributed by atoms with van der Waals surface area (Å²) in [6.45, 7) is 4.60. The van der Waals surface area contributed by atoms with Crippen LogP contribution in [0.3, 0.4) is 0 Å². The van der Waals surface area contributed by atoms with E-state index in [9.17, 15) is 0 Å². The molecule has 1 aromatic heterocycles. The summed E-state index contributed by atoms with van der Waals surface area (Å²) in [5, 5.41) is 7.07. The summed E-state index contributed by atoms with van der Waals surface area (Å²) in [5.74, 6) is 1.61. The smallest absolute Gasteiger partial charge is 0.134 e. The van der Waals surface area contributed by atoms with E-state index < -0.39 is 0 Å². The third-order valence-electron chi connectivity index (χ3n) is 6.19. The number of benzene rings is 1. The first-order chi connectivity index (χ1) is 14.3. The predicted molar refractivity (Wildman–Crippen MR) is 117 cm³/mol. The van der Waals surface area contributed by atoms with Crippen molar-refractivity contribution in [3.63, 3.8) is 0 Å². The Bertz CT molecular complexity index is 883. The van der Waals surface area contributed by atoms with E-state index >= 15 is 0 Å². The van der Waals surface area contributed by atoms with Gasteiger partial charge in [-0.15, -0.1) is 0 Å². The van der Waals surface area contributed by atoms with E-state index in [0.29, 0.717) is 12.0 Å². The molecule has 3 aliphatic heterocycles. The highest BCUT2D eigenvalue weighted by atomic mass is 16.5. The molecule has 29 heavy (non-hydrogen) atoms. The zero-order valence-electron chi connectivity index (χ0n) is 17.0. The summed E-state index contributed by atoms with van der Waals surface area (Å²) >= 11 is 0. The molecule has 152 valence electrons. The molecule has 0 amide bonds. The molecule has 2 aromatic rings. The number of pyridine rings is 1. The molecule has 2 N–H and O–H groups in total. The lowest BCUT2D eigenvalue weighted by Gasteiger charge is -2.25. The highest BCUT2D eigenvalue weighted by molar-refractivity contribution is 5.76. The Kier molecular flexibility index (Phi) is 5.21. The average molecular weight is 392 g/mol. The van der Waals surface area contributed by atoms with E-state index in [-0.39, 0.29) is 0 Å². The SMILES string of the molecule is CN1C=Nc2cc(-c3ccc(C4CCNCC4)cc3)nc(N[C@@H]3CCOC3)c2C1. The van der Waals surface area contributed by atoms with Crippen molar-refractivity contribution in [1.29, 1.82) is 0 Å². The van der Waals surface area contributed by atoms with Crippen molar-refractivity contribution in [1.82, 2.24) is 15.2 Å². The van der Waals surface area contributed by atoms with Gasteiger partial charge in [-0.3, -0.25) is 0 Å². The van der Waals surface area contributed by atoms with Gasteiger partial charge in [0.1, 0.15) is 5.82 Å². The first-order valence-electron chi connectivity index (χ1n) is 10.7. The summed E-state index contributed by atoms with van der Waals surface area (Å²) in [6, 6.07) is 11.4. The van der Waals surface area contributed by atoms with Crippen LogP contribution in [0.25, 0.3) is 11.3 Å². The summed E-state index contributed by atoms with van der Waals surface area (Å²) < 4.78 is 5.55. The summed E-state index contributed by atoms with van der Waals surface area (Å²) in [4.78, 5) is 11.8. The second-order valence-corrected chi connectivity index (χ2v) is 8.36. The van der Waals surface area contributed by atoms with E-state index in [4.69, 9.17) is 9.72 Å². The number of hydrogen-bond acceptors (Lipinski definition) is 6. The lowest BCUT2D eigenvalue weighted by Crippen LogP contribution is -2.26. The maximum Gasteiger partial charge on any atom is 0.134 e. The summed E-state index contributed by atoms with van der Waals surface area (Å²) in [7, 11) is 2.04. The number of rotatable bonds is 4. The van der Waals surface area contributed by atoms with Gasteiger partial charge in [-0.1, -0.05) is 24.3 Å². The molecule has 0 aliphatic carbocycles. The van der Waals surface area contributed by atoms with Crippen LogP contribution in [-0.4, -0.2) is 55.6 Å². The average Bonchev–Trinajstić information content (AvgIpc) is 3.28. The first-order valence-corrected chi connectivity index (χ1v) is 10.7. The Morgan fingerprint density at radius 2 is 1.97 bits per heavy atom. The van der Waals surface area contributed by atoms with Gasteiger partial charge in [-0.2, -0.15) is 0 Å². The normalized spacial score (nSPS) is 22.0. The topological polar surface area (TPSA) is 61.8 Å². The molecule has 6 heteroatoms. The fourth-order valence-corrected chi connectivity index (χ4v) is 4.47. The van der Waals surface area contributed by atoms with Crippen molar-refractivity contribution in [2.24, 2.45) is 4.99 Å². The number of aliphatic imine (C=N–C) groups is 1. The molecule has 5 rings (SSSR count). The van der Waals surface area contributed by atoms with Crippen LogP contribution in [0.15, 0.2) is 35.3 Å². The summed E-state index contributed by atoms with van der Waals surface area (Å²) in [6.07, 6.45) is 5.35. The van der Waals surface area contributed by atoms with Gasteiger partial charge in [-0.05, 0) is 49.9 Å². The number of fused-ring (bicyclic) bond motifs is 1. The van der Waals surface area contributed by atoms with Gasteiger partial charge >= 0.3 is 0 Å². The second-order valence-electron chi connectivity index (χ2n) is 8.36. The Hall–Kier alpha value is -2.44. The quantitative estimate of drug-likeness (QED) is 0.835. The van der Waals surface area contributed by atoms with Crippen molar-refractivity contribution in [3.8, 4) is 11.3 Å². The number of ether oxygens (including phenoxy) is 1. The van der Waals surface area contributed by atoms with Crippen LogP contribution in [0.4, 0.5) is 11.5 Å². The highest BCUT2D eigenvalue weighted by Gasteiger charge is 2.22. The van der Waals surface area contributed by atoms with Gasteiger partial charge in [0.05, 0.1) is 30.4 Å². The Morgan fingerprint density at radius 3 is 2.72 bits per heavy atom. The third-order valence-corrected chi connectivity index (χ3v) is 6.19. The lowest BCUT2D eigenvalue weighted by atomic mass is 9.89. The Morgan fingerprint density at radius 1 is 1.14 bits per heavy atom. The molecule has 0 radical (unpaired) electrons. The van der Waals surface area contributed by atoms with E-state index in [1.165, 1.54) is 18.4 Å². The maximum atomic E-state index is 5.55. The zero-order valence-corrected chi connectivity index (χ0v) is 17.0. The van der Waals surface area contributed by atoms with Crippen molar-refractivity contribution in [2.45, 2.75) is 37.8 Å². The van der Waals surface area contributed by atoms with E-state index in [1.807, 2.05) is 13.4 Å². The van der Waals surface area contributed by atoms with Crippen molar-refractivity contribution >= 4 is 17.8 Å². The number of piperidine rings is 1. The molecular formula is C23H29N5O. The van der Waals surface area contributed by atoms with E-state index in [1.54, 1.807) is 0 Å². The summed E-state index contributed by atoms with van der Waals surface area (Å²) in [5.41, 5.74) is 5.73. The number of nitrogens with one attached hydrogen (secondary N) is 2. The minimum atomic E-state index is 0.320. The number of aromatic nitrogens is 1. The third kappa shape index (κ3) is 4.00. The van der Waals surface area contributed by atoms with Crippen LogP contribution < -0.4 is 10.6 Å². The largest absolute Gasteiger partial charge is 0.379 e. The molecule has 0 saturated carbocycles. The molecule has 1 atom stereocenters. The van der Waals surface area contributed by atoms with Crippen LogP contribution in [0.1, 0.15) is 36.3 Å². The Balaban J connectivity index is 1.46. The molecule has 2 saturated heterocycles. The van der Waals surface area contributed by atoms with Gasteiger partial charge in [0.25, 0.3) is 0 Å². The van der Waals surface area contributed by atoms with Gasteiger partial charge < -0.3 is 20.3 Å². The van der Waals surface area contributed by atoms with Crippen LogP contribution in [0.2, 0.25) is 0 Å². The number of hydrogen-bond donors (Lipinski definition) is 2. The molecule has 0 bridgehead atoms. The Labute approximate surface area is 172 Å². The lowest BCUT2D eigenvalue weighted by molar-refractivity contribution is 0.195. The number of nitrogens with zero attached hydrogens (tertiary/aromatic N) is 3. The molecule has 3 aliphatic rings. The molecule has 4 heterocycles. The predicted octanol–water partition coefficient (Wildman–Crippen LogP) is 3.52. The zero-order chi connectivity index (χ0) is 19.6. The molecule has 1 aromatic carbocycles. The van der Waals surface area contributed by atoms with E-state index in [2.05, 4.69) is 50.9 Å². The van der Waals surface area contributed by atoms with Crippen molar-refractivity contribution < 1.29 is 4.74 Å². The standard InChI is InChI=1S/C23H29N5O/c1-28-13-20-22(25-15-28)12-21(27-23(20)26-19-8-11-29-14-19)18-4-2-16(3-5-18)17-6-9-24-10-7-17/h2-5,12,15,17,19,24H,6-11,13-14H2,1H3,(H,26,27)/t19-/m1/s1. The molecule has 2 fully saturated rings. The number of anilines is 1. The van der Waals surface area contributed by atoms with Gasteiger partial charge in [0, 0.05) is 31.3 Å². The first kappa shape index (κ1) is 18.6. The fourth-order valence-electron chi connectivity index (χ4n) is 4.47. The second kappa shape index (κ2) is 8.13.